The lowest BCUT2D eigenvalue weighted by Crippen LogP contribution is -2.40. The van der Waals surface area contributed by atoms with E-state index in [9.17, 15) is 9.59 Å². The highest BCUT2D eigenvalue weighted by Crippen LogP contribution is 2.31. The SMILES string of the molecule is CCOC(=O)c1ccc(NC(=O)[C@H]2COc3ccccc3O2)c(Cl)c1. The van der Waals surface area contributed by atoms with Gasteiger partial charge in [-0.25, -0.2) is 4.79 Å². The number of anilines is 1. The van der Waals surface area contributed by atoms with Crippen LogP contribution in [0.5, 0.6) is 11.5 Å². The number of carbonyl (C=O) groups excluding carboxylic acids is 2. The minimum atomic E-state index is -0.796. The molecule has 0 saturated heterocycles. The highest BCUT2D eigenvalue weighted by atomic mass is 35.5. The number of fused-ring (bicyclic) bond motifs is 1. The predicted octanol–water partition coefficient (Wildman–Crippen LogP) is 3.30. The molecule has 0 aromatic heterocycles. The van der Waals surface area contributed by atoms with Crippen LogP contribution in [0.3, 0.4) is 0 Å². The van der Waals surface area contributed by atoms with E-state index in [2.05, 4.69) is 5.32 Å². The maximum atomic E-state index is 12.4. The molecule has 1 amide bonds. The number of esters is 1. The number of amides is 1. The van der Waals surface area contributed by atoms with Gasteiger partial charge in [-0.05, 0) is 37.3 Å². The summed E-state index contributed by atoms with van der Waals surface area (Å²) in [5.74, 6) is 0.254. The highest BCUT2D eigenvalue weighted by Gasteiger charge is 2.27. The van der Waals surface area contributed by atoms with Crippen LogP contribution in [0.1, 0.15) is 17.3 Å². The molecule has 25 heavy (non-hydrogen) atoms. The van der Waals surface area contributed by atoms with Gasteiger partial charge in [0.2, 0.25) is 6.10 Å². The Morgan fingerprint density at radius 1 is 1.24 bits per heavy atom. The average molecular weight is 362 g/mol. The summed E-state index contributed by atoms with van der Waals surface area (Å²) < 4.78 is 16.1. The fourth-order valence-corrected chi connectivity index (χ4v) is 2.55. The molecule has 6 nitrogen and oxygen atoms in total. The van der Waals surface area contributed by atoms with Crippen molar-refractivity contribution in [1.82, 2.24) is 0 Å². The third-order valence-electron chi connectivity index (χ3n) is 3.54. The number of para-hydroxylation sites is 2. The van der Waals surface area contributed by atoms with Gasteiger partial charge in [-0.15, -0.1) is 0 Å². The molecule has 130 valence electrons. The Kier molecular flexibility index (Phi) is 5.09. The Morgan fingerprint density at radius 3 is 2.72 bits per heavy atom. The number of nitrogens with one attached hydrogen (secondary N) is 1. The van der Waals surface area contributed by atoms with Crippen molar-refractivity contribution in [2.75, 3.05) is 18.5 Å². The fraction of sp³-hybridized carbons (Fsp3) is 0.222. The van der Waals surface area contributed by atoms with Crippen LogP contribution in [-0.4, -0.2) is 31.2 Å². The monoisotopic (exact) mass is 361 g/mol. The fourth-order valence-electron chi connectivity index (χ4n) is 2.32. The number of hydrogen-bond donors (Lipinski definition) is 1. The molecule has 1 aliphatic rings. The van der Waals surface area contributed by atoms with Crippen LogP contribution < -0.4 is 14.8 Å². The predicted molar refractivity (Wildman–Crippen MR) is 92.4 cm³/mol. The van der Waals surface area contributed by atoms with Crippen molar-refractivity contribution < 1.29 is 23.8 Å². The van der Waals surface area contributed by atoms with E-state index in [1.165, 1.54) is 12.1 Å². The zero-order valence-electron chi connectivity index (χ0n) is 13.5. The number of benzene rings is 2. The van der Waals surface area contributed by atoms with E-state index >= 15 is 0 Å². The summed E-state index contributed by atoms with van der Waals surface area (Å²) in [6.07, 6.45) is -0.796. The van der Waals surface area contributed by atoms with Gasteiger partial charge in [0.25, 0.3) is 5.91 Å². The van der Waals surface area contributed by atoms with Gasteiger partial charge in [0.1, 0.15) is 6.61 Å². The van der Waals surface area contributed by atoms with E-state index < -0.39 is 12.1 Å². The molecule has 3 rings (SSSR count). The smallest absolute Gasteiger partial charge is 0.338 e. The van der Waals surface area contributed by atoms with Crippen molar-refractivity contribution in [3.63, 3.8) is 0 Å². The van der Waals surface area contributed by atoms with Crippen LogP contribution >= 0.6 is 11.6 Å². The van der Waals surface area contributed by atoms with Crippen LogP contribution in [0, 0.1) is 0 Å². The molecule has 0 aliphatic carbocycles. The number of ether oxygens (including phenoxy) is 3. The Hall–Kier alpha value is -2.73. The molecule has 2 aromatic rings. The summed E-state index contributed by atoms with van der Waals surface area (Å²) in [5, 5.41) is 2.91. The molecule has 0 unspecified atom stereocenters. The third-order valence-corrected chi connectivity index (χ3v) is 3.85. The maximum Gasteiger partial charge on any atom is 0.338 e. The van der Waals surface area contributed by atoms with E-state index in [4.69, 9.17) is 25.8 Å². The van der Waals surface area contributed by atoms with E-state index in [1.807, 2.05) is 6.07 Å². The maximum absolute atomic E-state index is 12.4. The zero-order valence-corrected chi connectivity index (χ0v) is 14.2. The summed E-state index contributed by atoms with van der Waals surface area (Å²) in [6, 6.07) is 11.7. The minimum absolute atomic E-state index is 0.0986. The van der Waals surface area contributed by atoms with Gasteiger partial charge < -0.3 is 19.5 Å². The van der Waals surface area contributed by atoms with Crippen LogP contribution in [0.25, 0.3) is 0 Å². The van der Waals surface area contributed by atoms with E-state index in [0.717, 1.165) is 0 Å². The van der Waals surface area contributed by atoms with Crippen molar-refractivity contribution in [3.8, 4) is 11.5 Å². The second-order valence-electron chi connectivity index (χ2n) is 5.27. The molecule has 2 aromatic carbocycles. The Labute approximate surface area is 149 Å². The minimum Gasteiger partial charge on any atom is -0.485 e. The summed E-state index contributed by atoms with van der Waals surface area (Å²) in [6.45, 7) is 2.09. The Morgan fingerprint density at radius 2 is 2.00 bits per heavy atom. The van der Waals surface area contributed by atoms with E-state index in [-0.39, 0.29) is 24.1 Å². The van der Waals surface area contributed by atoms with Crippen molar-refractivity contribution in [3.05, 3.63) is 53.1 Å². The zero-order chi connectivity index (χ0) is 17.8. The van der Waals surface area contributed by atoms with Crippen molar-refractivity contribution in [1.29, 1.82) is 0 Å². The Balaban J connectivity index is 1.68. The normalized spacial score (nSPS) is 15.4. The number of carbonyl (C=O) groups is 2. The van der Waals surface area contributed by atoms with E-state index in [1.54, 1.807) is 31.2 Å². The van der Waals surface area contributed by atoms with Gasteiger partial charge in [0.05, 0.1) is 22.9 Å². The molecule has 0 fully saturated rings. The van der Waals surface area contributed by atoms with Crippen LogP contribution in [0.4, 0.5) is 5.69 Å². The first kappa shape index (κ1) is 17.1. The quantitative estimate of drug-likeness (QED) is 0.846. The highest BCUT2D eigenvalue weighted by molar-refractivity contribution is 6.34. The van der Waals surface area contributed by atoms with Crippen molar-refractivity contribution in [2.24, 2.45) is 0 Å². The Bertz CT molecular complexity index is 808. The van der Waals surface area contributed by atoms with Gasteiger partial charge in [0.15, 0.2) is 11.5 Å². The first-order chi connectivity index (χ1) is 12.1. The first-order valence-electron chi connectivity index (χ1n) is 7.74. The molecule has 0 spiro atoms. The molecule has 1 atom stereocenters. The van der Waals surface area contributed by atoms with Crippen molar-refractivity contribution >= 4 is 29.2 Å². The van der Waals surface area contributed by atoms with Gasteiger partial charge in [-0.3, -0.25) is 4.79 Å². The second-order valence-corrected chi connectivity index (χ2v) is 5.68. The molecular weight excluding hydrogens is 346 g/mol. The average Bonchev–Trinajstić information content (AvgIpc) is 2.63. The molecule has 1 heterocycles. The van der Waals surface area contributed by atoms with Gasteiger partial charge in [-0.1, -0.05) is 23.7 Å². The second kappa shape index (κ2) is 7.44. The molecule has 0 saturated carbocycles. The van der Waals surface area contributed by atoms with Gasteiger partial charge in [-0.2, -0.15) is 0 Å². The summed E-state index contributed by atoms with van der Waals surface area (Å²) in [4.78, 5) is 24.1. The molecule has 7 heteroatoms. The number of rotatable bonds is 4. The summed E-state index contributed by atoms with van der Waals surface area (Å²) in [5.41, 5.74) is 0.693. The van der Waals surface area contributed by atoms with Crippen LogP contribution in [-0.2, 0) is 9.53 Å². The largest absolute Gasteiger partial charge is 0.485 e. The van der Waals surface area contributed by atoms with Crippen molar-refractivity contribution in [2.45, 2.75) is 13.0 Å². The summed E-state index contributed by atoms with van der Waals surface area (Å²) in [7, 11) is 0. The molecule has 1 N–H and O–H groups in total. The van der Waals surface area contributed by atoms with Crippen LogP contribution in [0.2, 0.25) is 5.02 Å². The molecule has 0 radical (unpaired) electrons. The standard InChI is InChI=1S/C18H16ClNO5/c1-2-23-18(22)11-7-8-13(12(19)9-11)20-17(21)16-10-24-14-5-3-4-6-15(14)25-16/h3-9,16H,2,10H2,1H3,(H,20,21)/t16-/m1/s1. The van der Waals surface area contributed by atoms with E-state index in [0.29, 0.717) is 22.7 Å². The van der Waals surface area contributed by atoms with Crippen LogP contribution in [0.15, 0.2) is 42.5 Å². The molecule has 1 aliphatic heterocycles. The van der Waals surface area contributed by atoms with Gasteiger partial charge >= 0.3 is 5.97 Å². The third kappa shape index (κ3) is 3.85. The first-order valence-corrected chi connectivity index (χ1v) is 8.12. The lowest BCUT2D eigenvalue weighted by molar-refractivity contribution is -0.125. The topological polar surface area (TPSA) is 73.9 Å². The summed E-state index contributed by atoms with van der Waals surface area (Å²) >= 11 is 6.14. The van der Waals surface area contributed by atoms with Gasteiger partial charge in [0, 0.05) is 0 Å². The lowest BCUT2D eigenvalue weighted by Gasteiger charge is -2.25. The lowest BCUT2D eigenvalue weighted by atomic mass is 10.2. The number of hydrogen-bond acceptors (Lipinski definition) is 5. The number of halogens is 1. The molecular formula is C18H16ClNO5. The molecule has 0 bridgehead atoms.